The van der Waals surface area contributed by atoms with E-state index in [4.69, 9.17) is 35.4 Å². The molecule has 0 radical (unpaired) electrons. The van der Waals surface area contributed by atoms with Crippen molar-refractivity contribution in [3.63, 3.8) is 0 Å². The maximum absolute atomic E-state index is 11.1. The summed E-state index contributed by atoms with van der Waals surface area (Å²) >= 11 is 18.0. The second-order valence-corrected chi connectivity index (χ2v) is 7.18. The summed E-state index contributed by atoms with van der Waals surface area (Å²) in [5.74, 6) is -0.0634. The molecule has 0 unspecified atom stereocenters. The van der Waals surface area contributed by atoms with Crippen molar-refractivity contribution >= 4 is 57.6 Å². The summed E-state index contributed by atoms with van der Waals surface area (Å²) in [4.78, 5) is 0.352. The third-order valence-corrected chi connectivity index (χ3v) is 4.72. The van der Waals surface area contributed by atoms with Crippen molar-refractivity contribution in [2.24, 2.45) is 0 Å². The number of nitrogens with zero attached hydrogens (tertiary/aromatic N) is 1. The second kappa shape index (κ2) is 8.53. The molecule has 6 heteroatoms. The number of halogens is 2. The van der Waals surface area contributed by atoms with Gasteiger partial charge in [-0.1, -0.05) is 53.6 Å². The highest BCUT2D eigenvalue weighted by molar-refractivity contribution is 7.81. The predicted octanol–water partition coefficient (Wildman–Crippen LogP) is 5.91. The lowest BCUT2D eigenvalue weighted by Crippen LogP contribution is -2.38. The predicted molar refractivity (Wildman–Crippen MR) is 116 cm³/mol. The van der Waals surface area contributed by atoms with Gasteiger partial charge in [-0.05, 0) is 43.3 Å². The summed E-state index contributed by atoms with van der Waals surface area (Å²) in [7, 11) is 0. The first-order valence-corrected chi connectivity index (χ1v) is 9.35. The second-order valence-electron chi connectivity index (χ2n) is 5.93. The summed E-state index contributed by atoms with van der Waals surface area (Å²) in [6.07, 6.45) is 3.69. The van der Waals surface area contributed by atoms with Gasteiger partial charge < -0.3 is 10.4 Å². The molecule has 3 rings (SSSR count). The summed E-state index contributed by atoms with van der Waals surface area (Å²) in [6, 6.07) is 18.3. The number of nitrogens with one attached hydrogen (secondary N) is 1. The summed E-state index contributed by atoms with van der Waals surface area (Å²) in [5.41, 5.74) is 2.65. The van der Waals surface area contributed by atoms with Gasteiger partial charge in [-0.25, -0.2) is 0 Å². The Morgan fingerprint density at radius 1 is 1.04 bits per heavy atom. The number of hydrogen-bond acceptors (Lipinski definition) is 2. The van der Waals surface area contributed by atoms with Crippen molar-refractivity contribution in [2.45, 2.75) is 6.92 Å². The van der Waals surface area contributed by atoms with E-state index in [2.05, 4.69) is 5.32 Å². The third-order valence-electron chi connectivity index (χ3n) is 3.86. The molecule has 0 spiro atoms. The molecule has 0 atom stereocenters. The molecule has 1 aromatic heterocycles. The Kier molecular flexibility index (Phi) is 6.11. The minimum atomic E-state index is -0.0634. The molecule has 3 nitrogen and oxygen atoms in total. The van der Waals surface area contributed by atoms with Crippen LogP contribution in [-0.4, -0.2) is 10.1 Å². The quantitative estimate of drug-likeness (QED) is 0.240. The van der Waals surface area contributed by atoms with Crippen molar-refractivity contribution < 1.29 is 9.67 Å². The minimum Gasteiger partial charge on any atom is -0.502 e. The number of benzene rings is 2. The Morgan fingerprint density at radius 3 is 2.48 bits per heavy atom. The van der Waals surface area contributed by atoms with Crippen LogP contribution in [0.3, 0.4) is 0 Å². The van der Waals surface area contributed by atoms with E-state index in [9.17, 15) is 5.11 Å². The fraction of sp³-hybridized carbons (Fsp3) is 0.0476. The van der Waals surface area contributed by atoms with Crippen LogP contribution in [0.2, 0.25) is 10.0 Å². The Labute approximate surface area is 173 Å². The van der Waals surface area contributed by atoms with Gasteiger partial charge in [0, 0.05) is 27.9 Å². The Morgan fingerprint density at radius 2 is 1.78 bits per heavy atom. The molecule has 0 fully saturated rings. The average Bonchev–Trinajstić information content (AvgIpc) is 2.64. The highest BCUT2D eigenvalue weighted by Crippen LogP contribution is 2.28. The van der Waals surface area contributed by atoms with Crippen LogP contribution in [-0.2, 0) is 0 Å². The molecule has 0 aliphatic heterocycles. The van der Waals surface area contributed by atoms with Crippen LogP contribution in [0.25, 0.3) is 11.5 Å². The van der Waals surface area contributed by atoms with Crippen molar-refractivity contribution in [1.82, 2.24) is 0 Å². The smallest absolute Gasteiger partial charge is 0.288 e. The number of aliphatic hydroxyl groups is 1. The first kappa shape index (κ1) is 19.4. The topological polar surface area (TPSA) is 36.1 Å². The number of thiocarbonyl (C=S) groups is 1. The molecule has 2 N–H and O–H groups in total. The van der Waals surface area contributed by atoms with Gasteiger partial charge >= 0.3 is 0 Å². The normalized spacial score (nSPS) is 11.7. The van der Waals surface area contributed by atoms with Crippen molar-refractivity contribution in [3.05, 3.63) is 94.2 Å². The van der Waals surface area contributed by atoms with Gasteiger partial charge in [-0.3, -0.25) is 0 Å². The zero-order valence-electron chi connectivity index (χ0n) is 14.5. The zero-order valence-corrected chi connectivity index (χ0v) is 16.8. The number of para-hydroxylation sites is 1. The molecule has 0 amide bonds. The largest absolute Gasteiger partial charge is 0.502 e. The first-order valence-electron chi connectivity index (χ1n) is 8.19. The van der Waals surface area contributed by atoms with Gasteiger partial charge in [0.2, 0.25) is 5.76 Å². The van der Waals surface area contributed by atoms with Crippen LogP contribution in [0.4, 0.5) is 5.69 Å². The lowest BCUT2D eigenvalue weighted by atomic mass is 10.1. The van der Waals surface area contributed by atoms with E-state index in [1.807, 2.05) is 61.8 Å². The van der Waals surface area contributed by atoms with E-state index >= 15 is 0 Å². The molecule has 3 aromatic rings. The molecule has 2 aromatic carbocycles. The molecular formula is C21H17Cl2N2OS+. The Bertz CT molecular complexity index is 1020. The number of pyridine rings is 1. The van der Waals surface area contributed by atoms with Gasteiger partial charge in [0.05, 0.1) is 5.02 Å². The van der Waals surface area contributed by atoms with E-state index in [0.717, 1.165) is 11.3 Å². The lowest BCUT2D eigenvalue weighted by molar-refractivity contribution is -0.576. The van der Waals surface area contributed by atoms with Crippen molar-refractivity contribution in [2.75, 3.05) is 5.32 Å². The maximum Gasteiger partial charge on any atom is 0.288 e. The molecule has 136 valence electrons. The van der Waals surface area contributed by atoms with Gasteiger partial charge in [0.25, 0.3) is 5.70 Å². The molecule has 0 saturated carbocycles. The van der Waals surface area contributed by atoms with E-state index in [0.29, 0.717) is 26.3 Å². The highest BCUT2D eigenvalue weighted by atomic mass is 35.5. The van der Waals surface area contributed by atoms with Crippen LogP contribution in [0.1, 0.15) is 11.1 Å². The van der Waals surface area contributed by atoms with E-state index in [-0.39, 0.29) is 5.76 Å². The van der Waals surface area contributed by atoms with E-state index in [1.54, 1.807) is 22.8 Å². The maximum atomic E-state index is 11.1. The molecule has 1 heterocycles. The highest BCUT2D eigenvalue weighted by Gasteiger charge is 2.25. The number of hydrogen-bond donors (Lipinski definition) is 2. The van der Waals surface area contributed by atoms with Crippen LogP contribution in [0.15, 0.2) is 73.1 Å². The molecular weight excluding hydrogens is 399 g/mol. The van der Waals surface area contributed by atoms with E-state index in [1.165, 1.54) is 0 Å². The third kappa shape index (κ3) is 4.66. The Balaban J connectivity index is 2.15. The Hall–Kier alpha value is -2.40. The van der Waals surface area contributed by atoms with Crippen LogP contribution < -0.4 is 9.88 Å². The SMILES string of the molecule is Cc1ccc[n+](/C(C(=S)Nc2ccccc2)=C(\O)c2cc(Cl)ccc2Cl)c1. The van der Waals surface area contributed by atoms with Crippen LogP contribution in [0, 0.1) is 6.92 Å². The number of aromatic nitrogens is 1. The van der Waals surface area contributed by atoms with Crippen LogP contribution >= 0.6 is 35.4 Å². The average molecular weight is 416 g/mol. The van der Waals surface area contributed by atoms with Gasteiger partial charge in [-0.15, -0.1) is 0 Å². The minimum absolute atomic E-state index is 0.0634. The van der Waals surface area contributed by atoms with Gasteiger partial charge in [0.15, 0.2) is 17.4 Å². The summed E-state index contributed by atoms with van der Waals surface area (Å²) in [5, 5.41) is 15.1. The number of rotatable bonds is 4. The van der Waals surface area contributed by atoms with Crippen LogP contribution in [0.5, 0.6) is 0 Å². The summed E-state index contributed by atoms with van der Waals surface area (Å²) in [6.45, 7) is 1.96. The molecule has 0 aliphatic carbocycles. The van der Waals surface area contributed by atoms with E-state index < -0.39 is 0 Å². The number of aliphatic hydroxyl groups excluding tert-OH is 1. The van der Waals surface area contributed by atoms with Gasteiger partial charge in [0.1, 0.15) is 0 Å². The number of aryl methyl sites for hydroxylation is 1. The first-order chi connectivity index (χ1) is 13.0. The number of anilines is 1. The van der Waals surface area contributed by atoms with Crippen molar-refractivity contribution in [1.29, 1.82) is 0 Å². The molecule has 0 aliphatic rings. The monoisotopic (exact) mass is 415 g/mol. The zero-order chi connectivity index (χ0) is 19.4. The molecule has 0 bridgehead atoms. The lowest BCUT2D eigenvalue weighted by Gasteiger charge is -2.11. The molecule has 0 saturated heterocycles. The van der Waals surface area contributed by atoms with Crippen molar-refractivity contribution in [3.8, 4) is 0 Å². The fourth-order valence-corrected chi connectivity index (χ4v) is 3.30. The summed E-state index contributed by atoms with van der Waals surface area (Å²) < 4.78 is 1.76. The fourth-order valence-electron chi connectivity index (χ4n) is 2.60. The van der Waals surface area contributed by atoms with Gasteiger partial charge in [-0.2, -0.15) is 4.57 Å². The molecule has 27 heavy (non-hydrogen) atoms. The standard InChI is InChI=1S/C21H16Cl2N2OS/c1-14-6-5-11-25(13-14)19(21(27)24-16-7-3-2-4-8-16)20(26)17-12-15(22)9-10-18(17)23/h2-13H,1H3,(H-,24,26,27)/p+1.